The lowest BCUT2D eigenvalue weighted by molar-refractivity contribution is 0.174. The molecular formula is C14H23N3. The first-order valence-electron chi connectivity index (χ1n) is 6.60. The van der Waals surface area contributed by atoms with Gasteiger partial charge >= 0.3 is 0 Å². The average molecular weight is 233 g/mol. The number of hydrogen-bond donors (Lipinski definition) is 1. The van der Waals surface area contributed by atoms with E-state index in [1.807, 2.05) is 12.4 Å². The third-order valence-corrected chi connectivity index (χ3v) is 3.93. The standard InChI is InChI=1S/C14H23N3/c1-17(11-12-6-8-16-9-7-12)14(10-15)13-4-2-3-5-13/h6-9,13-14H,2-5,10-11,15H2,1H3. The summed E-state index contributed by atoms with van der Waals surface area (Å²) in [5.74, 6) is 0.798. The fourth-order valence-corrected chi connectivity index (χ4v) is 2.97. The van der Waals surface area contributed by atoms with Crippen molar-refractivity contribution >= 4 is 0 Å². The van der Waals surface area contributed by atoms with Crippen molar-refractivity contribution in [3.8, 4) is 0 Å². The molecule has 3 nitrogen and oxygen atoms in total. The van der Waals surface area contributed by atoms with Crippen LogP contribution in [-0.2, 0) is 6.54 Å². The topological polar surface area (TPSA) is 42.2 Å². The second-order valence-electron chi connectivity index (χ2n) is 5.12. The Morgan fingerprint density at radius 1 is 1.35 bits per heavy atom. The SMILES string of the molecule is CN(Cc1ccncc1)C(CN)C1CCCC1. The first-order valence-corrected chi connectivity index (χ1v) is 6.60. The summed E-state index contributed by atoms with van der Waals surface area (Å²) in [4.78, 5) is 6.46. The van der Waals surface area contributed by atoms with Gasteiger partial charge in [-0.15, -0.1) is 0 Å². The number of aromatic nitrogens is 1. The van der Waals surface area contributed by atoms with Crippen molar-refractivity contribution in [3.63, 3.8) is 0 Å². The second-order valence-corrected chi connectivity index (χ2v) is 5.12. The van der Waals surface area contributed by atoms with Crippen LogP contribution < -0.4 is 5.73 Å². The van der Waals surface area contributed by atoms with Gasteiger partial charge in [-0.25, -0.2) is 0 Å². The third kappa shape index (κ3) is 3.27. The van der Waals surface area contributed by atoms with E-state index in [9.17, 15) is 0 Å². The van der Waals surface area contributed by atoms with E-state index in [1.54, 1.807) is 0 Å². The van der Waals surface area contributed by atoms with Gasteiger partial charge < -0.3 is 5.73 Å². The van der Waals surface area contributed by atoms with Gasteiger partial charge in [-0.05, 0) is 43.5 Å². The Bertz CT molecular complexity index is 319. The number of rotatable bonds is 5. The molecule has 0 spiro atoms. The predicted octanol–water partition coefficient (Wildman–Crippen LogP) is 2.03. The van der Waals surface area contributed by atoms with Gasteiger partial charge in [0.25, 0.3) is 0 Å². The highest BCUT2D eigenvalue weighted by atomic mass is 15.1. The van der Waals surface area contributed by atoms with Gasteiger partial charge in [0, 0.05) is 31.5 Å². The van der Waals surface area contributed by atoms with Crippen molar-refractivity contribution in [2.75, 3.05) is 13.6 Å². The lowest BCUT2D eigenvalue weighted by Crippen LogP contribution is -2.42. The summed E-state index contributed by atoms with van der Waals surface area (Å²) < 4.78 is 0. The zero-order valence-electron chi connectivity index (χ0n) is 10.7. The van der Waals surface area contributed by atoms with Gasteiger partial charge in [0.15, 0.2) is 0 Å². The molecule has 2 rings (SSSR count). The van der Waals surface area contributed by atoms with Crippen LogP contribution in [0.5, 0.6) is 0 Å². The van der Waals surface area contributed by atoms with Gasteiger partial charge in [-0.2, -0.15) is 0 Å². The number of hydrogen-bond acceptors (Lipinski definition) is 3. The van der Waals surface area contributed by atoms with Gasteiger partial charge in [0.2, 0.25) is 0 Å². The molecule has 1 aromatic heterocycles. The maximum absolute atomic E-state index is 5.95. The van der Waals surface area contributed by atoms with Crippen LogP contribution in [0.2, 0.25) is 0 Å². The Hall–Kier alpha value is -0.930. The van der Waals surface area contributed by atoms with E-state index in [-0.39, 0.29) is 0 Å². The van der Waals surface area contributed by atoms with Crippen molar-refractivity contribution in [3.05, 3.63) is 30.1 Å². The molecular weight excluding hydrogens is 210 g/mol. The predicted molar refractivity (Wildman–Crippen MR) is 70.5 cm³/mol. The number of nitrogens with zero attached hydrogens (tertiary/aromatic N) is 2. The molecule has 3 heteroatoms. The largest absolute Gasteiger partial charge is 0.329 e. The zero-order chi connectivity index (χ0) is 12.1. The van der Waals surface area contributed by atoms with Crippen molar-refractivity contribution in [1.82, 2.24) is 9.88 Å². The van der Waals surface area contributed by atoms with Crippen LogP contribution in [-0.4, -0.2) is 29.5 Å². The number of likely N-dealkylation sites (N-methyl/N-ethyl adjacent to an activating group) is 1. The Balaban J connectivity index is 1.95. The maximum Gasteiger partial charge on any atom is 0.0271 e. The highest BCUT2D eigenvalue weighted by Crippen LogP contribution is 2.29. The molecule has 0 aromatic carbocycles. The molecule has 0 aliphatic heterocycles. The van der Waals surface area contributed by atoms with Crippen molar-refractivity contribution in [1.29, 1.82) is 0 Å². The Kier molecular flexibility index (Phi) is 4.51. The zero-order valence-corrected chi connectivity index (χ0v) is 10.7. The molecule has 1 aliphatic rings. The van der Waals surface area contributed by atoms with Gasteiger partial charge in [-0.1, -0.05) is 12.8 Å². The third-order valence-electron chi connectivity index (χ3n) is 3.93. The van der Waals surface area contributed by atoms with Crippen LogP contribution in [0, 0.1) is 5.92 Å². The minimum atomic E-state index is 0.533. The molecule has 1 aliphatic carbocycles. The molecule has 1 fully saturated rings. The Morgan fingerprint density at radius 3 is 2.59 bits per heavy atom. The highest BCUT2D eigenvalue weighted by Gasteiger charge is 2.26. The molecule has 1 heterocycles. The summed E-state index contributed by atoms with van der Waals surface area (Å²) in [5, 5.41) is 0. The minimum absolute atomic E-state index is 0.533. The van der Waals surface area contributed by atoms with Crippen LogP contribution in [0.3, 0.4) is 0 Å². The molecule has 1 atom stereocenters. The molecule has 0 saturated heterocycles. The highest BCUT2D eigenvalue weighted by molar-refractivity contribution is 5.09. The number of pyridine rings is 1. The van der Waals surface area contributed by atoms with Crippen LogP contribution in [0.4, 0.5) is 0 Å². The van der Waals surface area contributed by atoms with Gasteiger partial charge in [0.1, 0.15) is 0 Å². The smallest absolute Gasteiger partial charge is 0.0271 e. The Labute approximate surface area is 104 Å². The van der Waals surface area contributed by atoms with Crippen molar-refractivity contribution in [2.24, 2.45) is 11.7 Å². The monoisotopic (exact) mass is 233 g/mol. The van der Waals surface area contributed by atoms with E-state index in [0.717, 1.165) is 19.0 Å². The molecule has 2 N–H and O–H groups in total. The summed E-state index contributed by atoms with van der Waals surface area (Å²) in [6.45, 7) is 1.74. The minimum Gasteiger partial charge on any atom is -0.329 e. The summed E-state index contributed by atoms with van der Waals surface area (Å²) in [6, 6.07) is 4.70. The van der Waals surface area contributed by atoms with E-state index in [0.29, 0.717) is 6.04 Å². The lowest BCUT2D eigenvalue weighted by Gasteiger charge is -2.31. The van der Waals surface area contributed by atoms with Crippen LogP contribution in [0.25, 0.3) is 0 Å². The van der Waals surface area contributed by atoms with E-state index in [2.05, 4.69) is 29.1 Å². The second kappa shape index (κ2) is 6.12. The molecule has 1 saturated carbocycles. The normalized spacial score (nSPS) is 18.8. The quantitative estimate of drug-likeness (QED) is 0.846. The van der Waals surface area contributed by atoms with Crippen molar-refractivity contribution in [2.45, 2.75) is 38.3 Å². The molecule has 1 aromatic rings. The first-order chi connectivity index (χ1) is 8.31. The van der Waals surface area contributed by atoms with Crippen LogP contribution in [0.1, 0.15) is 31.2 Å². The summed E-state index contributed by atoms with van der Waals surface area (Å²) in [5.41, 5.74) is 7.27. The van der Waals surface area contributed by atoms with Crippen molar-refractivity contribution < 1.29 is 0 Å². The van der Waals surface area contributed by atoms with E-state index >= 15 is 0 Å². The molecule has 0 bridgehead atoms. The fourth-order valence-electron chi connectivity index (χ4n) is 2.97. The molecule has 17 heavy (non-hydrogen) atoms. The van der Waals surface area contributed by atoms with Crippen LogP contribution in [0.15, 0.2) is 24.5 Å². The summed E-state index contributed by atoms with van der Waals surface area (Å²) >= 11 is 0. The molecule has 94 valence electrons. The Morgan fingerprint density at radius 2 is 2.00 bits per heavy atom. The van der Waals surface area contributed by atoms with E-state index in [4.69, 9.17) is 5.73 Å². The van der Waals surface area contributed by atoms with Gasteiger partial charge in [-0.3, -0.25) is 9.88 Å². The summed E-state index contributed by atoms with van der Waals surface area (Å²) in [7, 11) is 2.19. The van der Waals surface area contributed by atoms with Gasteiger partial charge in [0.05, 0.1) is 0 Å². The summed E-state index contributed by atoms with van der Waals surface area (Å²) in [6.07, 6.45) is 9.17. The van der Waals surface area contributed by atoms with Crippen LogP contribution >= 0.6 is 0 Å². The van der Waals surface area contributed by atoms with E-state index in [1.165, 1.54) is 31.2 Å². The maximum atomic E-state index is 5.95. The first kappa shape index (κ1) is 12.5. The fraction of sp³-hybridized carbons (Fsp3) is 0.643. The lowest BCUT2D eigenvalue weighted by atomic mass is 9.96. The van der Waals surface area contributed by atoms with E-state index < -0.39 is 0 Å². The molecule has 0 amide bonds. The molecule has 0 radical (unpaired) electrons. The molecule has 1 unspecified atom stereocenters. The average Bonchev–Trinajstić information content (AvgIpc) is 2.85. The number of nitrogens with two attached hydrogens (primary N) is 1.